The summed E-state index contributed by atoms with van der Waals surface area (Å²) in [5.74, 6) is 0.287. The lowest BCUT2D eigenvalue weighted by molar-refractivity contribution is -0.147. The number of carbonyl (C=O) groups is 1. The van der Waals surface area contributed by atoms with Gasteiger partial charge in [-0.25, -0.2) is 0 Å². The Labute approximate surface area is 122 Å². The van der Waals surface area contributed by atoms with E-state index in [0.29, 0.717) is 19.8 Å². The predicted molar refractivity (Wildman–Crippen MR) is 78.5 cm³/mol. The first kappa shape index (κ1) is 16.7. The molecule has 0 saturated carbocycles. The van der Waals surface area contributed by atoms with Crippen LogP contribution in [0, 0.1) is 5.41 Å². The second-order valence-corrected chi connectivity index (χ2v) is 5.66. The predicted octanol–water partition coefficient (Wildman–Crippen LogP) is 1.96. The van der Waals surface area contributed by atoms with Crippen LogP contribution in [-0.2, 0) is 9.53 Å². The molecule has 1 amide bonds. The first-order valence-corrected chi connectivity index (χ1v) is 7.36. The zero-order valence-electron chi connectivity index (χ0n) is 11.7. The van der Waals surface area contributed by atoms with Crippen molar-refractivity contribution in [3.63, 3.8) is 0 Å². The maximum absolute atomic E-state index is 12.8. The first-order chi connectivity index (χ1) is 8.78. The second kappa shape index (κ2) is 8.08. The summed E-state index contributed by atoms with van der Waals surface area (Å²) in [7, 11) is 0. The molecule has 4 nitrogen and oxygen atoms in total. The molecule has 0 aromatic rings. The summed E-state index contributed by atoms with van der Waals surface area (Å²) in [6, 6.07) is 0. The van der Waals surface area contributed by atoms with Gasteiger partial charge in [-0.2, -0.15) is 0 Å². The second-order valence-electron chi connectivity index (χ2n) is 5.66. The third-order valence-corrected chi connectivity index (χ3v) is 4.44. The zero-order valence-corrected chi connectivity index (χ0v) is 12.6. The van der Waals surface area contributed by atoms with Crippen LogP contribution in [0.25, 0.3) is 0 Å². The number of rotatable bonds is 2. The molecule has 19 heavy (non-hydrogen) atoms. The minimum atomic E-state index is -0.336. The van der Waals surface area contributed by atoms with Crippen molar-refractivity contribution in [3.8, 4) is 0 Å². The van der Waals surface area contributed by atoms with Gasteiger partial charge in [0.2, 0.25) is 5.91 Å². The maximum atomic E-state index is 12.8. The van der Waals surface area contributed by atoms with Crippen molar-refractivity contribution < 1.29 is 9.53 Å². The molecule has 0 spiro atoms. The molecule has 0 aliphatic carbocycles. The van der Waals surface area contributed by atoms with Crippen LogP contribution < -0.4 is 5.73 Å². The number of likely N-dealkylation sites (tertiary alicyclic amines) is 1. The van der Waals surface area contributed by atoms with Crippen LogP contribution in [0.15, 0.2) is 0 Å². The Morgan fingerprint density at radius 3 is 2.11 bits per heavy atom. The topological polar surface area (TPSA) is 55.6 Å². The van der Waals surface area contributed by atoms with Crippen LogP contribution in [0.1, 0.15) is 44.9 Å². The quantitative estimate of drug-likeness (QED) is 0.846. The highest BCUT2D eigenvalue weighted by Gasteiger charge is 2.41. The summed E-state index contributed by atoms with van der Waals surface area (Å²) in [4.78, 5) is 14.8. The highest BCUT2D eigenvalue weighted by Crippen LogP contribution is 2.32. The molecule has 0 radical (unpaired) electrons. The average molecular weight is 291 g/mol. The van der Waals surface area contributed by atoms with Gasteiger partial charge in [-0.3, -0.25) is 4.79 Å². The molecule has 2 N–H and O–H groups in total. The van der Waals surface area contributed by atoms with Crippen LogP contribution in [0.2, 0.25) is 0 Å². The number of amides is 1. The zero-order chi connectivity index (χ0) is 12.8. The van der Waals surface area contributed by atoms with Crippen molar-refractivity contribution in [1.82, 2.24) is 4.90 Å². The number of hydrogen-bond acceptors (Lipinski definition) is 3. The summed E-state index contributed by atoms with van der Waals surface area (Å²) >= 11 is 0. The van der Waals surface area contributed by atoms with Crippen molar-refractivity contribution in [3.05, 3.63) is 0 Å². The fraction of sp³-hybridized carbons (Fsp3) is 0.929. The molecule has 0 aromatic carbocycles. The largest absolute Gasteiger partial charge is 0.381 e. The smallest absolute Gasteiger partial charge is 0.230 e. The molecule has 112 valence electrons. The number of nitrogens with zero attached hydrogens (tertiary/aromatic N) is 1. The van der Waals surface area contributed by atoms with Crippen LogP contribution in [0.3, 0.4) is 0 Å². The summed E-state index contributed by atoms with van der Waals surface area (Å²) < 4.78 is 5.38. The lowest BCUT2D eigenvalue weighted by atomic mass is 9.78. The van der Waals surface area contributed by atoms with Gasteiger partial charge in [0.25, 0.3) is 0 Å². The molecule has 2 heterocycles. The first-order valence-electron chi connectivity index (χ1n) is 7.36. The van der Waals surface area contributed by atoms with Crippen LogP contribution >= 0.6 is 12.4 Å². The lowest BCUT2D eigenvalue weighted by Crippen LogP contribution is -2.51. The number of hydrogen-bond donors (Lipinski definition) is 1. The molecule has 2 fully saturated rings. The van der Waals surface area contributed by atoms with E-state index in [1.807, 2.05) is 0 Å². The molecule has 0 aromatic heterocycles. The third kappa shape index (κ3) is 4.07. The molecule has 2 saturated heterocycles. The van der Waals surface area contributed by atoms with E-state index in [4.69, 9.17) is 10.5 Å². The van der Waals surface area contributed by atoms with Crippen LogP contribution in [0.4, 0.5) is 0 Å². The maximum Gasteiger partial charge on any atom is 0.230 e. The van der Waals surface area contributed by atoms with E-state index in [9.17, 15) is 4.79 Å². The van der Waals surface area contributed by atoms with Gasteiger partial charge in [-0.1, -0.05) is 19.3 Å². The Kier molecular flexibility index (Phi) is 7.11. The standard InChI is InChI=1S/C14H26N2O2.ClH/c15-12-14(6-10-18-11-7-14)13(17)16-8-4-2-1-3-5-9-16;/h1-12,15H2;1H. The Hall–Kier alpha value is -0.320. The molecule has 0 unspecified atom stereocenters. The van der Waals surface area contributed by atoms with Crippen molar-refractivity contribution in [2.24, 2.45) is 11.1 Å². The third-order valence-electron chi connectivity index (χ3n) is 4.44. The van der Waals surface area contributed by atoms with Gasteiger partial charge < -0.3 is 15.4 Å². The van der Waals surface area contributed by atoms with E-state index >= 15 is 0 Å². The van der Waals surface area contributed by atoms with Crippen molar-refractivity contribution in [2.45, 2.75) is 44.9 Å². The minimum Gasteiger partial charge on any atom is -0.381 e. The highest BCUT2D eigenvalue weighted by atomic mass is 35.5. The summed E-state index contributed by atoms with van der Waals surface area (Å²) in [5.41, 5.74) is 5.58. The van der Waals surface area contributed by atoms with Crippen molar-refractivity contribution in [2.75, 3.05) is 32.8 Å². The van der Waals surface area contributed by atoms with Gasteiger partial charge in [0, 0.05) is 32.8 Å². The average Bonchev–Trinajstić information content (AvgIpc) is 2.38. The summed E-state index contributed by atoms with van der Waals surface area (Å²) in [6.07, 6.45) is 7.69. The number of carbonyl (C=O) groups excluding carboxylic acids is 1. The Bertz CT molecular complexity index is 273. The van der Waals surface area contributed by atoms with Gasteiger partial charge in [0.05, 0.1) is 5.41 Å². The van der Waals surface area contributed by atoms with E-state index < -0.39 is 0 Å². The van der Waals surface area contributed by atoms with Gasteiger partial charge in [0.1, 0.15) is 0 Å². The van der Waals surface area contributed by atoms with Gasteiger partial charge in [-0.05, 0) is 25.7 Å². The van der Waals surface area contributed by atoms with Crippen LogP contribution in [0.5, 0.6) is 0 Å². The molecular formula is C14H27ClN2O2. The SMILES string of the molecule is Cl.NCC1(C(=O)N2CCCCCCC2)CCOCC1. The van der Waals surface area contributed by atoms with Crippen molar-refractivity contribution >= 4 is 18.3 Å². The van der Waals surface area contributed by atoms with Gasteiger partial charge in [0.15, 0.2) is 0 Å². The normalized spacial score (nSPS) is 23.9. The summed E-state index contributed by atoms with van der Waals surface area (Å²) in [6.45, 7) is 3.65. The molecule has 2 aliphatic rings. The molecule has 0 bridgehead atoms. The van der Waals surface area contributed by atoms with Crippen molar-refractivity contribution in [1.29, 1.82) is 0 Å². The molecule has 0 atom stereocenters. The Morgan fingerprint density at radius 2 is 1.58 bits per heavy atom. The monoisotopic (exact) mass is 290 g/mol. The number of nitrogens with two attached hydrogens (primary N) is 1. The lowest BCUT2D eigenvalue weighted by Gasteiger charge is -2.39. The fourth-order valence-corrected chi connectivity index (χ4v) is 3.05. The van der Waals surface area contributed by atoms with E-state index in [-0.39, 0.29) is 23.7 Å². The van der Waals surface area contributed by atoms with E-state index in [1.54, 1.807) is 0 Å². The van der Waals surface area contributed by atoms with E-state index in [2.05, 4.69) is 4.90 Å². The van der Waals surface area contributed by atoms with E-state index in [1.165, 1.54) is 19.3 Å². The van der Waals surface area contributed by atoms with E-state index in [0.717, 1.165) is 38.8 Å². The number of ether oxygens (including phenoxy) is 1. The molecular weight excluding hydrogens is 264 g/mol. The number of halogens is 1. The minimum absolute atomic E-state index is 0. The summed E-state index contributed by atoms with van der Waals surface area (Å²) in [5, 5.41) is 0. The fourth-order valence-electron chi connectivity index (χ4n) is 3.05. The molecule has 5 heteroatoms. The molecule has 2 aliphatic heterocycles. The van der Waals surface area contributed by atoms with Gasteiger partial charge in [-0.15, -0.1) is 12.4 Å². The van der Waals surface area contributed by atoms with Crippen LogP contribution in [-0.4, -0.2) is 43.7 Å². The highest BCUT2D eigenvalue weighted by molar-refractivity contribution is 5.85. The Balaban J connectivity index is 0.00000180. The Morgan fingerprint density at radius 1 is 1.05 bits per heavy atom. The van der Waals surface area contributed by atoms with Gasteiger partial charge >= 0.3 is 0 Å². The molecule has 2 rings (SSSR count).